The van der Waals surface area contributed by atoms with Gasteiger partial charge in [-0.2, -0.15) is 4.99 Å². The van der Waals surface area contributed by atoms with Crippen LogP contribution < -0.4 is 5.32 Å². The van der Waals surface area contributed by atoms with Crippen molar-refractivity contribution in [3.8, 4) is 0 Å². The molecular formula is C22H26N4O2. The van der Waals surface area contributed by atoms with Gasteiger partial charge in [0.25, 0.3) is 5.91 Å². The number of aliphatic imine (C=N–C) groups is 1. The zero-order chi connectivity index (χ0) is 19.6. The third kappa shape index (κ3) is 3.78. The third-order valence-electron chi connectivity index (χ3n) is 5.77. The predicted molar refractivity (Wildman–Crippen MR) is 108 cm³/mol. The molecule has 146 valence electrons. The Labute approximate surface area is 165 Å². The normalized spacial score (nSPS) is 25.4. The lowest BCUT2D eigenvalue weighted by molar-refractivity contribution is -0.135. The fraction of sp³-hybridized carbons (Fsp3) is 0.409. The highest BCUT2D eigenvalue weighted by Crippen LogP contribution is 2.28. The van der Waals surface area contributed by atoms with Gasteiger partial charge in [-0.25, -0.2) is 0 Å². The maximum atomic E-state index is 13.1. The van der Waals surface area contributed by atoms with E-state index < -0.39 is 5.54 Å². The maximum absolute atomic E-state index is 13.1. The average molecular weight is 378 g/mol. The monoisotopic (exact) mass is 378 g/mol. The Morgan fingerprint density at radius 1 is 1.21 bits per heavy atom. The average Bonchev–Trinajstić information content (AvgIpc) is 2.70. The summed E-state index contributed by atoms with van der Waals surface area (Å²) < 4.78 is 0. The van der Waals surface area contributed by atoms with Crippen molar-refractivity contribution in [2.24, 2.45) is 4.99 Å². The molecule has 1 N–H and O–H groups in total. The number of rotatable bonds is 4. The summed E-state index contributed by atoms with van der Waals surface area (Å²) in [4.78, 5) is 33.5. The molecule has 0 aromatic heterocycles. The summed E-state index contributed by atoms with van der Waals surface area (Å²) in [7, 11) is 0. The molecular weight excluding hydrogens is 352 g/mol. The van der Waals surface area contributed by atoms with Crippen molar-refractivity contribution in [3.05, 3.63) is 60.3 Å². The van der Waals surface area contributed by atoms with Crippen LogP contribution in [-0.4, -0.2) is 52.1 Å². The van der Waals surface area contributed by atoms with E-state index in [2.05, 4.69) is 39.5 Å². The Bertz CT molecular complexity index is 837. The summed E-state index contributed by atoms with van der Waals surface area (Å²) in [6.07, 6.45) is 9.21. The zero-order valence-electron chi connectivity index (χ0n) is 16.2. The van der Waals surface area contributed by atoms with Crippen LogP contribution in [0.25, 0.3) is 0 Å². The second kappa shape index (κ2) is 7.72. The van der Waals surface area contributed by atoms with Gasteiger partial charge in [-0.1, -0.05) is 36.4 Å². The summed E-state index contributed by atoms with van der Waals surface area (Å²) in [5.74, 6) is 0.185. The largest absolute Gasteiger partial charge is 0.351 e. The van der Waals surface area contributed by atoms with Crippen molar-refractivity contribution in [3.63, 3.8) is 0 Å². The van der Waals surface area contributed by atoms with Crippen molar-refractivity contribution < 1.29 is 9.59 Å². The second-order valence-electron chi connectivity index (χ2n) is 7.89. The van der Waals surface area contributed by atoms with Crippen molar-refractivity contribution in [2.75, 3.05) is 13.1 Å². The lowest BCUT2D eigenvalue weighted by Gasteiger charge is -2.43. The number of hydrogen-bond donors (Lipinski definition) is 1. The van der Waals surface area contributed by atoms with Gasteiger partial charge in [0.05, 0.1) is 6.42 Å². The van der Waals surface area contributed by atoms with Gasteiger partial charge in [-0.05, 0) is 37.5 Å². The molecule has 2 amide bonds. The summed E-state index contributed by atoms with van der Waals surface area (Å²) in [6, 6.07) is 10.6. The van der Waals surface area contributed by atoms with Gasteiger partial charge >= 0.3 is 0 Å². The van der Waals surface area contributed by atoms with Gasteiger partial charge in [0, 0.05) is 31.9 Å². The zero-order valence-corrected chi connectivity index (χ0v) is 16.2. The number of carbonyl (C=O) groups excluding carboxylic acids is 2. The van der Waals surface area contributed by atoms with Gasteiger partial charge in [0.15, 0.2) is 0 Å². The van der Waals surface area contributed by atoms with Crippen molar-refractivity contribution in [2.45, 2.75) is 44.3 Å². The predicted octanol–water partition coefficient (Wildman–Crippen LogP) is 2.24. The summed E-state index contributed by atoms with van der Waals surface area (Å²) in [6.45, 7) is 4.67. The minimum absolute atomic E-state index is 0.0906. The molecule has 0 bridgehead atoms. The topological polar surface area (TPSA) is 65.0 Å². The van der Waals surface area contributed by atoms with Crippen LogP contribution in [0, 0.1) is 0 Å². The minimum atomic E-state index is -0.934. The number of hydrogen-bond acceptors (Lipinski definition) is 4. The van der Waals surface area contributed by atoms with Crippen LogP contribution in [0.15, 0.2) is 59.8 Å². The van der Waals surface area contributed by atoms with E-state index in [9.17, 15) is 9.59 Å². The number of nitrogens with zero attached hydrogens (tertiary/aromatic N) is 3. The van der Waals surface area contributed by atoms with Gasteiger partial charge in [0.2, 0.25) is 5.91 Å². The molecule has 1 atom stereocenters. The quantitative estimate of drug-likeness (QED) is 0.873. The Balaban J connectivity index is 1.35. The highest BCUT2D eigenvalue weighted by molar-refractivity contribution is 6.09. The van der Waals surface area contributed by atoms with Gasteiger partial charge in [0.1, 0.15) is 11.4 Å². The molecule has 3 aliphatic rings. The molecule has 1 aromatic rings. The number of amides is 2. The smallest absolute Gasteiger partial charge is 0.250 e. The summed E-state index contributed by atoms with van der Waals surface area (Å²) in [5, 5.41) is 3.19. The molecule has 6 nitrogen and oxygen atoms in total. The van der Waals surface area contributed by atoms with Crippen molar-refractivity contribution >= 4 is 17.6 Å². The summed E-state index contributed by atoms with van der Waals surface area (Å²) in [5.41, 5.74) is 0.381. The number of benzene rings is 1. The molecule has 0 aliphatic carbocycles. The third-order valence-corrected chi connectivity index (χ3v) is 5.77. The highest BCUT2D eigenvalue weighted by atomic mass is 16.2. The van der Waals surface area contributed by atoms with Crippen molar-refractivity contribution in [1.29, 1.82) is 0 Å². The molecule has 0 saturated carbocycles. The first-order valence-corrected chi connectivity index (χ1v) is 9.87. The van der Waals surface area contributed by atoms with E-state index in [1.54, 1.807) is 6.08 Å². The van der Waals surface area contributed by atoms with Crippen molar-refractivity contribution in [1.82, 2.24) is 15.1 Å². The van der Waals surface area contributed by atoms with Gasteiger partial charge in [-0.3, -0.25) is 14.5 Å². The minimum Gasteiger partial charge on any atom is -0.351 e. The van der Waals surface area contributed by atoms with Crippen LogP contribution in [0.1, 0.15) is 31.7 Å². The molecule has 3 aliphatic heterocycles. The Morgan fingerprint density at radius 2 is 1.96 bits per heavy atom. The van der Waals surface area contributed by atoms with Crippen LogP contribution >= 0.6 is 0 Å². The Morgan fingerprint density at radius 3 is 2.71 bits per heavy atom. The van der Waals surface area contributed by atoms with Crippen LogP contribution in [0.2, 0.25) is 0 Å². The molecule has 1 unspecified atom stereocenters. The maximum Gasteiger partial charge on any atom is 0.250 e. The van der Waals surface area contributed by atoms with E-state index in [1.807, 2.05) is 36.2 Å². The Hall–Kier alpha value is -2.73. The summed E-state index contributed by atoms with van der Waals surface area (Å²) >= 11 is 0. The lowest BCUT2D eigenvalue weighted by Crippen LogP contribution is -2.61. The lowest BCUT2D eigenvalue weighted by atomic mass is 9.90. The SMILES string of the molecule is CC1(C(=O)NC2CCN(Cc3ccccc3)CC2)CC(=O)N=C2C=CC=CN21. The first-order valence-electron chi connectivity index (χ1n) is 9.87. The fourth-order valence-electron chi connectivity index (χ4n) is 4.10. The number of fused-ring (bicyclic) bond motifs is 1. The second-order valence-corrected chi connectivity index (χ2v) is 7.89. The van der Waals surface area contributed by atoms with Crippen LogP contribution in [0.3, 0.4) is 0 Å². The van der Waals surface area contributed by atoms with E-state index >= 15 is 0 Å². The first-order chi connectivity index (χ1) is 13.5. The number of likely N-dealkylation sites (tertiary alicyclic amines) is 1. The number of amidine groups is 1. The van der Waals surface area contributed by atoms with E-state index in [0.29, 0.717) is 5.84 Å². The van der Waals surface area contributed by atoms with E-state index in [0.717, 1.165) is 32.5 Å². The molecule has 28 heavy (non-hydrogen) atoms. The van der Waals surface area contributed by atoms with Crippen LogP contribution in [-0.2, 0) is 16.1 Å². The van der Waals surface area contributed by atoms with E-state index in [-0.39, 0.29) is 24.3 Å². The molecule has 1 aromatic carbocycles. The molecule has 0 radical (unpaired) electrons. The van der Waals surface area contributed by atoms with E-state index in [4.69, 9.17) is 0 Å². The Kier molecular flexibility index (Phi) is 5.13. The van der Waals surface area contributed by atoms with Gasteiger partial charge < -0.3 is 10.2 Å². The molecule has 0 spiro atoms. The number of nitrogens with one attached hydrogen (secondary N) is 1. The molecule has 1 fully saturated rings. The van der Waals surface area contributed by atoms with E-state index in [1.165, 1.54) is 5.56 Å². The number of carbonyl (C=O) groups is 2. The number of piperidine rings is 1. The molecule has 3 heterocycles. The molecule has 6 heteroatoms. The molecule has 4 rings (SSSR count). The first kappa shape index (κ1) is 18.6. The fourth-order valence-corrected chi connectivity index (χ4v) is 4.10. The highest BCUT2D eigenvalue weighted by Gasteiger charge is 2.45. The van der Waals surface area contributed by atoms with Crippen LogP contribution in [0.4, 0.5) is 0 Å². The van der Waals surface area contributed by atoms with Crippen LogP contribution in [0.5, 0.6) is 0 Å². The number of allylic oxidation sites excluding steroid dienone is 2. The molecule has 1 saturated heterocycles. The van der Waals surface area contributed by atoms with Gasteiger partial charge in [-0.15, -0.1) is 0 Å². The standard InChI is InChI=1S/C22H26N4O2/c1-22(15-20(27)24-19-9-5-6-12-26(19)22)21(28)23-18-10-13-25(14-11-18)16-17-7-3-2-4-8-17/h2-9,12,18H,10-11,13-16H2,1H3,(H,23,28).